The molecule has 164 valence electrons. The molecule has 3 aliphatic rings. The number of rotatable bonds is 8. The molecular weight excluding hydrogens is 368 g/mol. The second kappa shape index (κ2) is 10.8. The Kier molecular flexibility index (Phi) is 8.19. The van der Waals surface area contributed by atoms with Crippen molar-refractivity contribution < 1.29 is 14.3 Å². The molecule has 0 aromatic rings. The molecule has 1 atom stereocenters. The van der Waals surface area contributed by atoms with Crippen LogP contribution in [0.5, 0.6) is 0 Å². The Morgan fingerprint density at radius 3 is 2.45 bits per heavy atom. The summed E-state index contributed by atoms with van der Waals surface area (Å²) in [5.41, 5.74) is 2.53. The van der Waals surface area contributed by atoms with Crippen LogP contribution < -0.4 is 5.43 Å². The number of amidine groups is 1. The Labute approximate surface area is 175 Å². The second-order valence-electron chi connectivity index (χ2n) is 8.99. The van der Waals surface area contributed by atoms with Gasteiger partial charge in [-0.15, -0.1) is 0 Å². The lowest BCUT2D eigenvalue weighted by Crippen LogP contribution is -2.41. The first kappa shape index (κ1) is 21.9. The molecule has 0 radical (unpaired) electrons. The van der Waals surface area contributed by atoms with E-state index in [1.165, 1.54) is 32.1 Å². The van der Waals surface area contributed by atoms with E-state index in [1.54, 1.807) is 0 Å². The van der Waals surface area contributed by atoms with Gasteiger partial charge in [-0.25, -0.2) is 10.2 Å². The van der Waals surface area contributed by atoms with E-state index < -0.39 is 0 Å². The molecule has 7 heteroatoms. The largest absolute Gasteiger partial charge is 0.446 e. The van der Waals surface area contributed by atoms with E-state index in [4.69, 9.17) is 4.74 Å². The lowest BCUT2D eigenvalue weighted by atomic mass is 9.79. The summed E-state index contributed by atoms with van der Waals surface area (Å²) in [5.74, 6) is 2.62. The first-order chi connectivity index (χ1) is 14.0. The molecule has 1 saturated carbocycles. The number of carbonyl (C=O) groups is 2. The van der Waals surface area contributed by atoms with Crippen LogP contribution in [-0.4, -0.2) is 60.4 Å². The number of amides is 2. The van der Waals surface area contributed by atoms with Crippen LogP contribution in [0.3, 0.4) is 0 Å². The van der Waals surface area contributed by atoms with Crippen molar-refractivity contribution in [1.82, 2.24) is 15.2 Å². The highest BCUT2D eigenvalue weighted by Gasteiger charge is 2.27. The Balaban J connectivity index is 1.34. The smallest absolute Gasteiger partial charge is 0.410 e. The number of hydrogen-bond acceptors (Lipinski definition) is 5. The van der Waals surface area contributed by atoms with Crippen molar-refractivity contribution in [3.63, 3.8) is 0 Å². The molecule has 1 saturated heterocycles. The molecule has 0 aromatic heterocycles. The normalized spacial score (nSPS) is 21.8. The van der Waals surface area contributed by atoms with Crippen LogP contribution in [0.25, 0.3) is 0 Å². The van der Waals surface area contributed by atoms with Gasteiger partial charge >= 0.3 is 6.09 Å². The Bertz CT molecular complexity index is 583. The number of nitrogens with zero attached hydrogens (tertiary/aromatic N) is 3. The second-order valence-corrected chi connectivity index (χ2v) is 8.99. The van der Waals surface area contributed by atoms with E-state index in [0.29, 0.717) is 12.8 Å². The van der Waals surface area contributed by atoms with Crippen molar-refractivity contribution in [1.29, 1.82) is 0 Å². The van der Waals surface area contributed by atoms with E-state index in [9.17, 15) is 9.59 Å². The van der Waals surface area contributed by atoms with Crippen LogP contribution in [0.1, 0.15) is 77.6 Å². The zero-order chi connectivity index (χ0) is 20.6. The van der Waals surface area contributed by atoms with Crippen molar-refractivity contribution in [3.8, 4) is 0 Å². The van der Waals surface area contributed by atoms with Crippen LogP contribution >= 0.6 is 0 Å². The molecular formula is C22H38N4O3. The first-order valence-electron chi connectivity index (χ1n) is 11.6. The zero-order valence-electron chi connectivity index (χ0n) is 18.2. The van der Waals surface area contributed by atoms with Gasteiger partial charge in [0, 0.05) is 45.9 Å². The van der Waals surface area contributed by atoms with Gasteiger partial charge in [0.2, 0.25) is 5.91 Å². The SMILES string of the molecule is CCC(CCN(C)C1=NNC(=O)CC1)OC(=O)N1CCC(CCC2CCC2)CC1. The summed E-state index contributed by atoms with van der Waals surface area (Å²) in [6.07, 6.45) is 11.7. The molecule has 7 nitrogen and oxygen atoms in total. The van der Waals surface area contributed by atoms with Crippen LogP contribution in [0.2, 0.25) is 0 Å². The number of carbonyl (C=O) groups excluding carboxylic acids is 2. The van der Waals surface area contributed by atoms with Gasteiger partial charge in [0.25, 0.3) is 0 Å². The molecule has 29 heavy (non-hydrogen) atoms. The Morgan fingerprint density at radius 2 is 1.90 bits per heavy atom. The lowest BCUT2D eigenvalue weighted by molar-refractivity contribution is -0.121. The minimum Gasteiger partial charge on any atom is -0.446 e. The molecule has 1 unspecified atom stereocenters. The maximum absolute atomic E-state index is 12.6. The number of hydrogen-bond donors (Lipinski definition) is 1. The summed E-state index contributed by atoms with van der Waals surface area (Å²) in [4.78, 5) is 27.8. The number of piperidine rings is 1. The number of likely N-dealkylation sites (tertiary alicyclic amines) is 1. The van der Waals surface area contributed by atoms with Crippen LogP contribution in [0, 0.1) is 11.8 Å². The van der Waals surface area contributed by atoms with Crippen molar-refractivity contribution in [2.24, 2.45) is 16.9 Å². The minimum absolute atomic E-state index is 0.0330. The Morgan fingerprint density at radius 1 is 1.21 bits per heavy atom. The fourth-order valence-electron chi connectivity index (χ4n) is 4.43. The highest BCUT2D eigenvalue weighted by molar-refractivity contribution is 5.91. The molecule has 2 heterocycles. The molecule has 0 aromatic carbocycles. The van der Waals surface area contributed by atoms with E-state index in [0.717, 1.165) is 63.0 Å². The zero-order valence-corrected chi connectivity index (χ0v) is 18.2. The summed E-state index contributed by atoms with van der Waals surface area (Å²) < 4.78 is 5.80. The average molecular weight is 407 g/mol. The fourth-order valence-corrected chi connectivity index (χ4v) is 4.43. The molecule has 2 amide bonds. The van der Waals surface area contributed by atoms with Gasteiger partial charge in [-0.3, -0.25) is 4.79 Å². The highest BCUT2D eigenvalue weighted by atomic mass is 16.6. The van der Waals surface area contributed by atoms with E-state index in [2.05, 4.69) is 17.5 Å². The van der Waals surface area contributed by atoms with Gasteiger partial charge in [-0.05, 0) is 31.1 Å². The first-order valence-corrected chi connectivity index (χ1v) is 11.6. The topological polar surface area (TPSA) is 74.2 Å². The average Bonchev–Trinajstić information content (AvgIpc) is 2.70. The van der Waals surface area contributed by atoms with Gasteiger partial charge in [-0.2, -0.15) is 5.10 Å². The summed E-state index contributed by atoms with van der Waals surface area (Å²) in [7, 11) is 1.97. The van der Waals surface area contributed by atoms with Gasteiger partial charge in [-0.1, -0.05) is 39.0 Å². The molecule has 2 fully saturated rings. The van der Waals surface area contributed by atoms with Gasteiger partial charge in [0.15, 0.2) is 0 Å². The van der Waals surface area contributed by atoms with Crippen molar-refractivity contribution in [2.75, 3.05) is 26.7 Å². The molecule has 1 N–H and O–H groups in total. The molecule has 0 bridgehead atoms. The van der Waals surface area contributed by atoms with Crippen molar-refractivity contribution in [2.45, 2.75) is 83.7 Å². The monoisotopic (exact) mass is 406 g/mol. The van der Waals surface area contributed by atoms with Crippen molar-refractivity contribution >= 4 is 17.8 Å². The standard InChI is InChI=1S/C22H38N4O3/c1-3-19(13-14-25(2)20-9-10-21(27)24-23-20)29-22(28)26-15-11-18(12-16-26)8-7-17-5-4-6-17/h17-19H,3-16H2,1-2H3,(H,24,27). The summed E-state index contributed by atoms with van der Waals surface area (Å²) in [5, 5.41) is 4.12. The predicted octanol–water partition coefficient (Wildman–Crippen LogP) is 3.74. The number of nitrogens with one attached hydrogen (secondary N) is 1. The van der Waals surface area contributed by atoms with Crippen LogP contribution in [0.15, 0.2) is 5.10 Å². The summed E-state index contributed by atoms with van der Waals surface area (Å²) in [6.45, 7) is 4.48. The van der Waals surface area contributed by atoms with E-state index in [-0.39, 0.29) is 18.1 Å². The number of ether oxygens (including phenoxy) is 1. The lowest BCUT2D eigenvalue weighted by Gasteiger charge is -2.34. The molecule has 2 aliphatic heterocycles. The summed E-state index contributed by atoms with van der Waals surface area (Å²) in [6, 6.07) is 0. The summed E-state index contributed by atoms with van der Waals surface area (Å²) >= 11 is 0. The van der Waals surface area contributed by atoms with Gasteiger partial charge in [0.05, 0.1) is 0 Å². The van der Waals surface area contributed by atoms with Gasteiger partial charge < -0.3 is 14.5 Å². The predicted molar refractivity (Wildman–Crippen MR) is 113 cm³/mol. The molecule has 1 aliphatic carbocycles. The van der Waals surface area contributed by atoms with Crippen LogP contribution in [0.4, 0.5) is 4.79 Å². The molecule has 3 rings (SSSR count). The maximum atomic E-state index is 12.6. The third-order valence-corrected chi connectivity index (χ3v) is 6.92. The third-order valence-electron chi connectivity index (χ3n) is 6.92. The minimum atomic E-state index is -0.154. The van der Waals surface area contributed by atoms with Crippen LogP contribution in [-0.2, 0) is 9.53 Å². The highest BCUT2D eigenvalue weighted by Crippen LogP contribution is 2.33. The Hall–Kier alpha value is -1.79. The molecule has 0 spiro atoms. The maximum Gasteiger partial charge on any atom is 0.410 e. The number of hydrazone groups is 1. The van der Waals surface area contributed by atoms with E-state index in [1.807, 2.05) is 16.8 Å². The van der Waals surface area contributed by atoms with Crippen molar-refractivity contribution in [3.05, 3.63) is 0 Å². The van der Waals surface area contributed by atoms with E-state index >= 15 is 0 Å². The quantitative estimate of drug-likeness (QED) is 0.666. The fraction of sp³-hybridized carbons (Fsp3) is 0.864. The van der Waals surface area contributed by atoms with Gasteiger partial charge in [0.1, 0.15) is 11.9 Å². The third kappa shape index (κ3) is 6.61.